The number of nitro groups is 1. The van der Waals surface area contributed by atoms with Gasteiger partial charge in [0.2, 0.25) is 0 Å². The molecule has 1 N–H and O–H groups in total. The van der Waals surface area contributed by atoms with Crippen LogP contribution in [0, 0.1) is 10.1 Å². The number of rotatable bonds is 7. The third kappa shape index (κ3) is 3.88. The molecule has 0 unspecified atom stereocenters. The molecule has 0 aliphatic heterocycles. The zero-order chi connectivity index (χ0) is 14.4. The van der Waals surface area contributed by atoms with Crippen molar-refractivity contribution in [2.45, 2.75) is 19.5 Å². The Morgan fingerprint density at radius 2 is 2.25 bits per heavy atom. The van der Waals surface area contributed by atoms with Gasteiger partial charge in [0.05, 0.1) is 9.40 Å². The van der Waals surface area contributed by atoms with Gasteiger partial charge in [0.1, 0.15) is 0 Å². The zero-order valence-electron chi connectivity index (χ0n) is 10.8. The molecule has 7 heteroatoms. The summed E-state index contributed by atoms with van der Waals surface area (Å²) in [6, 6.07) is 6.96. The molecule has 0 radical (unpaired) electrons. The van der Waals surface area contributed by atoms with Crippen molar-refractivity contribution in [1.82, 2.24) is 15.1 Å². The lowest BCUT2D eigenvalue weighted by molar-refractivity contribution is -0.385. The Hall–Kier alpha value is -1.73. The summed E-state index contributed by atoms with van der Waals surface area (Å²) < 4.78 is 2.43. The van der Waals surface area contributed by atoms with Crippen LogP contribution in [0.4, 0.5) is 5.69 Å². The van der Waals surface area contributed by atoms with Crippen LogP contribution in [0.5, 0.6) is 0 Å². The lowest BCUT2D eigenvalue weighted by atomic mass is 10.2. The zero-order valence-corrected chi connectivity index (χ0v) is 12.4. The van der Waals surface area contributed by atoms with E-state index in [4.69, 9.17) is 0 Å². The van der Waals surface area contributed by atoms with Gasteiger partial charge in [-0.25, -0.2) is 0 Å². The van der Waals surface area contributed by atoms with Crippen molar-refractivity contribution in [2.75, 3.05) is 6.54 Å². The summed E-state index contributed by atoms with van der Waals surface area (Å²) in [6.07, 6.45) is 4.64. The van der Waals surface area contributed by atoms with Gasteiger partial charge in [-0.2, -0.15) is 5.10 Å². The molecule has 1 aromatic heterocycles. The van der Waals surface area contributed by atoms with E-state index in [1.165, 1.54) is 6.07 Å². The lowest BCUT2D eigenvalue weighted by Crippen LogP contribution is -2.17. The molecule has 2 rings (SSSR count). The van der Waals surface area contributed by atoms with E-state index < -0.39 is 0 Å². The minimum atomic E-state index is -0.384. The molecular formula is C13H15BrN4O2. The number of nitrogens with zero attached hydrogens (tertiary/aromatic N) is 3. The summed E-state index contributed by atoms with van der Waals surface area (Å²) in [5, 5.41) is 18.2. The van der Waals surface area contributed by atoms with Crippen LogP contribution in [0.1, 0.15) is 12.0 Å². The van der Waals surface area contributed by atoms with Crippen molar-refractivity contribution >= 4 is 21.6 Å². The Morgan fingerprint density at radius 1 is 1.40 bits per heavy atom. The smallest absolute Gasteiger partial charge is 0.283 e. The van der Waals surface area contributed by atoms with E-state index in [1.807, 2.05) is 23.0 Å². The number of halogens is 1. The number of nitrogens with one attached hydrogen (secondary N) is 1. The van der Waals surface area contributed by atoms with Crippen LogP contribution < -0.4 is 5.32 Å². The topological polar surface area (TPSA) is 73.0 Å². The molecule has 1 aromatic carbocycles. The van der Waals surface area contributed by atoms with E-state index in [2.05, 4.69) is 26.3 Å². The fraction of sp³-hybridized carbons (Fsp3) is 0.308. The van der Waals surface area contributed by atoms with Crippen LogP contribution in [0.2, 0.25) is 0 Å². The largest absolute Gasteiger partial charge is 0.313 e. The second-order valence-electron chi connectivity index (χ2n) is 4.31. The van der Waals surface area contributed by atoms with E-state index >= 15 is 0 Å². The predicted octanol–water partition coefficient (Wildman–Crippen LogP) is 2.73. The van der Waals surface area contributed by atoms with Gasteiger partial charge >= 0.3 is 0 Å². The number of hydrogen-bond acceptors (Lipinski definition) is 4. The highest BCUT2D eigenvalue weighted by Gasteiger charge is 2.14. The molecule has 0 bridgehead atoms. The molecule has 0 saturated heterocycles. The Bertz CT molecular complexity index is 572. The second-order valence-corrected chi connectivity index (χ2v) is 5.10. The summed E-state index contributed by atoms with van der Waals surface area (Å²) in [5.41, 5.74) is 0.985. The summed E-state index contributed by atoms with van der Waals surface area (Å²) in [5.74, 6) is 0. The molecule has 2 aromatic rings. The minimum Gasteiger partial charge on any atom is -0.313 e. The molecule has 0 aliphatic rings. The standard InChI is InChI=1S/C13H15BrN4O2/c14-13-11(4-1-5-12(13)18(19)20)10-15-6-2-8-17-9-3-7-16-17/h1,3-5,7,9,15H,2,6,8,10H2. The average molecular weight is 339 g/mol. The van der Waals surface area contributed by atoms with Crippen LogP contribution in [0.25, 0.3) is 0 Å². The van der Waals surface area contributed by atoms with Crippen molar-refractivity contribution in [3.63, 3.8) is 0 Å². The van der Waals surface area contributed by atoms with E-state index in [9.17, 15) is 10.1 Å². The van der Waals surface area contributed by atoms with Crippen molar-refractivity contribution in [3.8, 4) is 0 Å². The van der Waals surface area contributed by atoms with Gasteiger partial charge in [-0.1, -0.05) is 12.1 Å². The first-order chi connectivity index (χ1) is 9.68. The van der Waals surface area contributed by atoms with Gasteiger partial charge in [-0.05, 0) is 40.5 Å². The first-order valence-electron chi connectivity index (χ1n) is 6.28. The Balaban J connectivity index is 1.79. The molecule has 0 fully saturated rings. The van der Waals surface area contributed by atoms with Gasteiger partial charge < -0.3 is 5.32 Å². The monoisotopic (exact) mass is 338 g/mol. The summed E-state index contributed by atoms with van der Waals surface area (Å²) in [6.45, 7) is 2.28. The van der Waals surface area contributed by atoms with Gasteiger partial charge in [-0.15, -0.1) is 0 Å². The average Bonchev–Trinajstić information content (AvgIpc) is 2.93. The minimum absolute atomic E-state index is 0.0980. The maximum absolute atomic E-state index is 10.8. The van der Waals surface area contributed by atoms with Crippen LogP contribution in [-0.4, -0.2) is 21.2 Å². The number of benzene rings is 1. The molecule has 0 saturated carbocycles. The summed E-state index contributed by atoms with van der Waals surface area (Å²) in [7, 11) is 0. The SMILES string of the molecule is O=[N+]([O-])c1cccc(CNCCCn2cccn2)c1Br. The van der Waals surface area contributed by atoms with E-state index in [1.54, 1.807) is 12.3 Å². The number of aromatic nitrogens is 2. The third-order valence-electron chi connectivity index (χ3n) is 2.87. The van der Waals surface area contributed by atoms with Gasteiger partial charge in [0, 0.05) is 31.5 Å². The van der Waals surface area contributed by atoms with Gasteiger partial charge in [0.25, 0.3) is 5.69 Å². The maximum Gasteiger partial charge on any atom is 0.283 e. The van der Waals surface area contributed by atoms with Crippen molar-refractivity contribution in [1.29, 1.82) is 0 Å². The van der Waals surface area contributed by atoms with Gasteiger partial charge in [0.15, 0.2) is 0 Å². The third-order valence-corrected chi connectivity index (χ3v) is 3.79. The number of nitro benzene ring substituents is 1. The fourth-order valence-corrected chi connectivity index (χ4v) is 2.41. The molecular weight excluding hydrogens is 324 g/mol. The molecule has 1 heterocycles. The van der Waals surface area contributed by atoms with Crippen molar-refractivity contribution in [3.05, 3.63) is 56.8 Å². The molecule has 0 spiro atoms. The molecule has 20 heavy (non-hydrogen) atoms. The Morgan fingerprint density at radius 3 is 2.95 bits per heavy atom. The summed E-state index contributed by atoms with van der Waals surface area (Å²) in [4.78, 5) is 10.4. The second kappa shape index (κ2) is 7.16. The summed E-state index contributed by atoms with van der Waals surface area (Å²) >= 11 is 3.29. The number of aryl methyl sites for hydroxylation is 1. The lowest BCUT2D eigenvalue weighted by Gasteiger charge is -2.07. The first-order valence-corrected chi connectivity index (χ1v) is 7.07. The molecule has 0 atom stereocenters. The highest BCUT2D eigenvalue weighted by atomic mass is 79.9. The van der Waals surface area contributed by atoms with Crippen LogP contribution in [0.15, 0.2) is 41.1 Å². The molecule has 6 nitrogen and oxygen atoms in total. The highest BCUT2D eigenvalue weighted by molar-refractivity contribution is 9.10. The van der Waals surface area contributed by atoms with Crippen LogP contribution >= 0.6 is 15.9 Å². The van der Waals surface area contributed by atoms with Crippen LogP contribution in [-0.2, 0) is 13.1 Å². The van der Waals surface area contributed by atoms with E-state index in [-0.39, 0.29) is 10.6 Å². The fourth-order valence-electron chi connectivity index (χ4n) is 1.87. The first kappa shape index (κ1) is 14.7. The number of hydrogen-bond donors (Lipinski definition) is 1. The quantitative estimate of drug-likeness (QED) is 0.478. The van der Waals surface area contributed by atoms with Crippen molar-refractivity contribution in [2.24, 2.45) is 0 Å². The van der Waals surface area contributed by atoms with Crippen molar-refractivity contribution < 1.29 is 4.92 Å². The normalized spacial score (nSPS) is 10.7. The Labute approximate surface area is 125 Å². The van der Waals surface area contributed by atoms with E-state index in [0.29, 0.717) is 11.0 Å². The van der Waals surface area contributed by atoms with Crippen LogP contribution in [0.3, 0.4) is 0 Å². The highest BCUT2D eigenvalue weighted by Crippen LogP contribution is 2.27. The maximum atomic E-state index is 10.8. The molecule has 0 aliphatic carbocycles. The van der Waals surface area contributed by atoms with Gasteiger partial charge in [-0.3, -0.25) is 14.8 Å². The Kier molecular flexibility index (Phi) is 5.25. The molecule has 0 amide bonds. The molecule has 106 valence electrons. The van der Waals surface area contributed by atoms with E-state index in [0.717, 1.165) is 25.1 Å². The predicted molar refractivity (Wildman–Crippen MR) is 79.3 cm³/mol.